The number of nitrogens with one attached hydrogen (secondary N) is 1. The van der Waals surface area contributed by atoms with Crippen LogP contribution in [0.3, 0.4) is 0 Å². The van der Waals surface area contributed by atoms with Crippen molar-refractivity contribution >= 4 is 16.0 Å². The molecule has 0 aliphatic heterocycles. The Balaban J connectivity index is 4.36. The third kappa shape index (κ3) is 3.89. The summed E-state index contributed by atoms with van der Waals surface area (Å²) in [5, 5.41) is 0. The topological polar surface area (TPSA) is 72.5 Å². The van der Waals surface area contributed by atoms with Crippen LogP contribution in [0.2, 0.25) is 0 Å². The monoisotopic (exact) mass is 221 g/mol. The highest BCUT2D eigenvalue weighted by Crippen LogP contribution is 2.15. The number of hydrogen-bond donors (Lipinski definition) is 1. The molecule has 0 heterocycles. The third-order valence-corrected chi connectivity index (χ3v) is 3.12. The molecule has 0 rings (SSSR count). The van der Waals surface area contributed by atoms with Gasteiger partial charge in [-0.2, -0.15) is 8.42 Å². The van der Waals surface area contributed by atoms with Crippen molar-refractivity contribution in [2.75, 3.05) is 0 Å². The van der Waals surface area contributed by atoms with E-state index in [1.165, 1.54) is 26.8 Å². The van der Waals surface area contributed by atoms with Crippen LogP contribution in [0.5, 0.6) is 0 Å². The molecule has 0 radical (unpaired) electrons. The average molecular weight is 221 g/mol. The van der Waals surface area contributed by atoms with Gasteiger partial charge < -0.3 is 0 Å². The molecule has 0 aromatic rings. The number of rotatable bonds is 3. The summed E-state index contributed by atoms with van der Waals surface area (Å²) in [6.45, 7) is 6.07. The van der Waals surface area contributed by atoms with Gasteiger partial charge in [-0.05, 0) is 27.7 Å². The molecule has 0 aliphatic rings. The van der Waals surface area contributed by atoms with Gasteiger partial charge in [0, 0.05) is 6.08 Å². The molecule has 0 bridgehead atoms. The van der Waals surface area contributed by atoms with Crippen LogP contribution in [0, 0.1) is 0 Å². The summed E-state index contributed by atoms with van der Waals surface area (Å²) < 4.78 is 25.9. The molecule has 0 fully saturated rings. The molecule has 5 nitrogen and oxygen atoms in total. The molecule has 1 amide bonds. The standard InChI is InChI=1S/C8H15NO4S/c1-5-6-7(10)9-13-14(11,12)8(2,3)4/h5-6H,1-4H3,(H,9,10). The van der Waals surface area contributed by atoms with Crippen LogP contribution in [0.1, 0.15) is 27.7 Å². The Bertz CT molecular complexity index is 324. The molecule has 14 heavy (non-hydrogen) atoms. The summed E-state index contributed by atoms with van der Waals surface area (Å²) in [6, 6.07) is 0. The van der Waals surface area contributed by atoms with E-state index in [0.717, 1.165) is 6.08 Å². The normalized spacial score (nSPS) is 13.1. The number of carbonyl (C=O) groups is 1. The second kappa shape index (κ2) is 4.56. The zero-order chi connectivity index (χ0) is 11.4. The fourth-order valence-corrected chi connectivity index (χ4v) is 0.848. The molecule has 0 saturated heterocycles. The van der Waals surface area contributed by atoms with E-state index < -0.39 is 20.8 Å². The molecular formula is C8H15NO4S. The van der Waals surface area contributed by atoms with Crippen LogP contribution in [0.15, 0.2) is 12.2 Å². The summed E-state index contributed by atoms with van der Waals surface area (Å²) in [5.41, 5.74) is 1.82. The zero-order valence-electron chi connectivity index (χ0n) is 8.70. The van der Waals surface area contributed by atoms with E-state index in [2.05, 4.69) is 4.28 Å². The maximum atomic E-state index is 11.3. The summed E-state index contributed by atoms with van der Waals surface area (Å²) in [4.78, 5) is 10.8. The Morgan fingerprint density at radius 1 is 1.36 bits per heavy atom. The highest BCUT2D eigenvalue weighted by Gasteiger charge is 2.31. The first kappa shape index (κ1) is 13.1. The largest absolute Gasteiger partial charge is 0.292 e. The minimum atomic E-state index is -3.78. The van der Waals surface area contributed by atoms with Gasteiger partial charge in [-0.1, -0.05) is 6.08 Å². The third-order valence-electron chi connectivity index (χ3n) is 1.32. The Morgan fingerprint density at radius 2 is 1.86 bits per heavy atom. The first-order chi connectivity index (χ1) is 6.20. The molecule has 0 aromatic carbocycles. The van der Waals surface area contributed by atoms with Crippen molar-refractivity contribution < 1.29 is 17.5 Å². The van der Waals surface area contributed by atoms with E-state index in [4.69, 9.17) is 0 Å². The SMILES string of the molecule is CC=CC(=O)NOS(=O)(=O)C(C)(C)C. The first-order valence-corrected chi connectivity index (χ1v) is 5.47. The van der Waals surface area contributed by atoms with Crippen molar-refractivity contribution in [3.05, 3.63) is 12.2 Å². The molecule has 0 unspecified atom stereocenters. The van der Waals surface area contributed by atoms with Crippen molar-refractivity contribution in [2.45, 2.75) is 32.4 Å². The van der Waals surface area contributed by atoms with Gasteiger partial charge in [0.25, 0.3) is 16.0 Å². The summed E-state index contributed by atoms with van der Waals surface area (Å²) >= 11 is 0. The average Bonchev–Trinajstić information content (AvgIpc) is 1.99. The summed E-state index contributed by atoms with van der Waals surface area (Å²) in [7, 11) is -3.78. The minimum absolute atomic E-state index is 0.611. The van der Waals surface area contributed by atoms with E-state index >= 15 is 0 Å². The fraction of sp³-hybridized carbons (Fsp3) is 0.625. The lowest BCUT2D eigenvalue weighted by atomic mass is 10.3. The van der Waals surface area contributed by atoms with E-state index in [0.29, 0.717) is 0 Å². The van der Waals surface area contributed by atoms with Gasteiger partial charge in [-0.3, -0.25) is 4.79 Å². The number of hydrogen-bond acceptors (Lipinski definition) is 4. The van der Waals surface area contributed by atoms with E-state index in [1.54, 1.807) is 6.92 Å². The van der Waals surface area contributed by atoms with Crippen LogP contribution in [-0.2, 0) is 19.2 Å². The predicted molar refractivity (Wildman–Crippen MR) is 52.7 cm³/mol. The molecule has 82 valence electrons. The minimum Gasteiger partial charge on any atom is -0.268 e. The molecule has 0 saturated carbocycles. The maximum absolute atomic E-state index is 11.3. The van der Waals surface area contributed by atoms with E-state index in [-0.39, 0.29) is 0 Å². The van der Waals surface area contributed by atoms with Crippen LogP contribution >= 0.6 is 0 Å². The van der Waals surface area contributed by atoms with Crippen LogP contribution in [0.25, 0.3) is 0 Å². The zero-order valence-corrected chi connectivity index (χ0v) is 9.51. The van der Waals surface area contributed by atoms with Gasteiger partial charge in [0.2, 0.25) is 0 Å². The van der Waals surface area contributed by atoms with Gasteiger partial charge in [0.05, 0.1) is 4.75 Å². The smallest absolute Gasteiger partial charge is 0.268 e. The van der Waals surface area contributed by atoms with Gasteiger partial charge in [-0.15, -0.1) is 4.28 Å². The number of allylic oxidation sites excluding steroid dienone is 1. The number of amides is 1. The summed E-state index contributed by atoms with van der Waals surface area (Å²) in [6.07, 6.45) is 2.64. The van der Waals surface area contributed by atoms with E-state index in [1.807, 2.05) is 5.48 Å². The number of carbonyl (C=O) groups excluding carboxylic acids is 1. The Labute approximate surface area is 84.2 Å². The molecule has 6 heteroatoms. The van der Waals surface area contributed by atoms with Gasteiger partial charge in [0.1, 0.15) is 0 Å². The highest BCUT2D eigenvalue weighted by atomic mass is 32.2. The molecule has 0 atom stereocenters. The number of hydroxylamine groups is 1. The highest BCUT2D eigenvalue weighted by molar-refractivity contribution is 7.88. The lowest BCUT2D eigenvalue weighted by molar-refractivity contribution is -0.122. The van der Waals surface area contributed by atoms with Gasteiger partial charge in [0.15, 0.2) is 0 Å². The second-order valence-electron chi connectivity index (χ2n) is 3.62. The molecule has 0 aromatic heterocycles. The van der Waals surface area contributed by atoms with Gasteiger partial charge >= 0.3 is 0 Å². The first-order valence-electron chi connectivity index (χ1n) is 4.06. The molecule has 0 aliphatic carbocycles. The maximum Gasteiger partial charge on any atom is 0.292 e. The lowest BCUT2D eigenvalue weighted by Gasteiger charge is -2.17. The van der Waals surface area contributed by atoms with Crippen molar-refractivity contribution in [3.63, 3.8) is 0 Å². The molecular weight excluding hydrogens is 206 g/mol. The van der Waals surface area contributed by atoms with Crippen LogP contribution in [-0.4, -0.2) is 19.1 Å². The molecule has 0 spiro atoms. The fourth-order valence-electron chi connectivity index (χ4n) is 0.406. The van der Waals surface area contributed by atoms with E-state index in [9.17, 15) is 13.2 Å². The predicted octanol–water partition coefficient (Wildman–Crippen LogP) is 0.739. The van der Waals surface area contributed by atoms with Crippen molar-refractivity contribution in [1.82, 2.24) is 5.48 Å². The quantitative estimate of drug-likeness (QED) is 0.563. The van der Waals surface area contributed by atoms with Crippen molar-refractivity contribution in [2.24, 2.45) is 0 Å². The van der Waals surface area contributed by atoms with Crippen LogP contribution < -0.4 is 5.48 Å². The summed E-state index contributed by atoms with van der Waals surface area (Å²) in [5.74, 6) is -0.611. The van der Waals surface area contributed by atoms with Crippen molar-refractivity contribution in [1.29, 1.82) is 0 Å². The Hall–Kier alpha value is -0.880. The second-order valence-corrected chi connectivity index (χ2v) is 5.92. The lowest BCUT2D eigenvalue weighted by Crippen LogP contribution is -2.36. The van der Waals surface area contributed by atoms with Gasteiger partial charge in [-0.25, -0.2) is 5.48 Å². The Kier molecular flexibility index (Phi) is 4.28. The molecule has 1 N–H and O–H groups in total. The van der Waals surface area contributed by atoms with Crippen LogP contribution in [0.4, 0.5) is 0 Å². The van der Waals surface area contributed by atoms with Crippen molar-refractivity contribution in [3.8, 4) is 0 Å². The Morgan fingerprint density at radius 3 is 2.21 bits per heavy atom.